The Morgan fingerprint density at radius 2 is 1.75 bits per heavy atom. The molecule has 0 aromatic rings. The molecule has 0 radical (unpaired) electrons. The van der Waals surface area contributed by atoms with Crippen molar-refractivity contribution in [3.63, 3.8) is 0 Å². The monoisotopic (exact) mass is 222 g/mol. The van der Waals surface area contributed by atoms with Gasteiger partial charge in [0, 0.05) is 0 Å². The predicted molar refractivity (Wildman–Crippen MR) is 66.3 cm³/mol. The lowest BCUT2D eigenvalue weighted by atomic mass is 9.77. The second-order valence-electron chi connectivity index (χ2n) is 7.20. The van der Waals surface area contributed by atoms with Gasteiger partial charge in [0.25, 0.3) is 0 Å². The van der Waals surface area contributed by atoms with Crippen LogP contribution in [0.15, 0.2) is 0 Å². The quantitative estimate of drug-likeness (QED) is 0.601. The average molecular weight is 222 g/mol. The lowest BCUT2D eigenvalue weighted by Gasteiger charge is -2.40. The van der Waals surface area contributed by atoms with Crippen LogP contribution in [0.25, 0.3) is 0 Å². The molecular formula is C15H26O. The first-order chi connectivity index (χ1) is 7.46. The van der Waals surface area contributed by atoms with Gasteiger partial charge in [0.1, 0.15) is 0 Å². The third kappa shape index (κ3) is 1.27. The van der Waals surface area contributed by atoms with Crippen LogP contribution in [0.3, 0.4) is 0 Å². The SMILES string of the molecule is C[C@@H]1CC[C@@H]2[C@@H](C)CC[C@@H]3C[C@]12OC3(C)C. The van der Waals surface area contributed by atoms with Gasteiger partial charge >= 0.3 is 0 Å². The fraction of sp³-hybridized carbons (Fsp3) is 1.00. The second kappa shape index (κ2) is 3.25. The molecule has 1 spiro atoms. The van der Waals surface area contributed by atoms with Gasteiger partial charge in [-0.3, -0.25) is 0 Å². The summed E-state index contributed by atoms with van der Waals surface area (Å²) >= 11 is 0. The molecule has 0 aromatic carbocycles. The minimum atomic E-state index is 0.136. The molecule has 0 amide bonds. The number of hydrogen-bond donors (Lipinski definition) is 0. The Labute approximate surface area is 99.9 Å². The lowest BCUT2D eigenvalue weighted by Crippen LogP contribution is -2.43. The van der Waals surface area contributed by atoms with Crippen molar-refractivity contribution in [2.75, 3.05) is 0 Å². The van der Waals surface area contributed by atoms with Crippen molar-refractivity contribution in [3.8, 4) is 0 Å². The van der Waals surface area contributed by atoms with Crippen LogP contribution in [-0.2, 0) is 4.74 Å². The van der Waals surface area contributed by atoms with Crippen LogP contribution in [0, 0.1) is 23.7 Å². The molecule has 1 heteroatoms. The van der Waals surface area contributed by atoms with Crippen LogP contribution < -0.4 is 0 Å². The fourth-order valence-corrected chi connectivity index (χ4v) is 4.94. The molecule has 3 rings (SSSR count). The normalized spacial score (nSPS) is 54.8. The highest BCUT2D eigenvalue weighted by Gasteiger charge is 2.61. The Morgan fingerprint density at radius 1 is 1.00 bits per heavy atom. The first-order valence-electron chi connectivity index (χ1n) is 7.16. The summed E-state index contributed by atoms with van der Waals surface area (Å²) in [6, 6.07) is 0. The van der Waals surface area contributed by atoms with Gasteiger partial charge < -0.3 is 4.74 Å². The van der Waals surface area contributed by atoms with Crippen molar-refractivity contribution in [1.82, 2.24) is 0 Å². The summed E-state index contributed by atoms with van der Waals surface area (Å²) in [7, 11) is 0. The Morgan fingerprint density at radius 3 is 2.50 bits per heavy atom. The third-order valence-electron chi connectivity index (χ3n) is 6.03. The van der Waals surface area contributed by atoms with E-state index in [-0.39, 0.29) is 11.2 Å². The van der Waals surface area contributed by atoms with Crippen LogP contribution in [0.4, 0.5) is 0 Å². The minimum absolute atomic E-state index is 0.136. The van der Waals surface area contributed by atoms with Gasteiger partial charge in [0.15, 0.2) is 0 Å². The van der Waals surface area contributed by atoms with Gasteiger partial charge in [0.05, 0.1) is 11.2 Å². The molecule has 2 saturated carbocycles. The van der Waals surface area contributed by atoms with Crippen LogP contribution in [0.5, 0.6) is 0 Å². The molecular weight excluding hydrogens is 196 g/mol. The van der Waals surface area contributed by atoms with Gasteiger partial charge in [-0.2, -0.15) is 0 Å². The van der Waals surface area contributed by atoms with E-state index >= 15 is 0 Å². The minimum Gasteiger partial charge on any atom is -0.368 e. The standard InChI is InChI=1S/C15H26O/c1-10-5-7-12-9-15(16-14(12,3)4)11(2)6-8-13(10)15/h10-13H,5-9H2,1-4H3/t10-,11+,12+,13+,15-/m0/s1. The smallest absolute Gasteiger partial charge is 0.0749 e. The predicted octanol–water partition coefficient (Wildman–Crippen LogP) is 4.02. The summed E-state index contributed by atoms with van der Waals surface area (Å²) in [6.45, 7) is 9.53. The first kappa shape index (κ1) is 11.1. The number of ether oxygens (including phenoxy) is 1. The van der Waals surface area contributed by atoms with E-state index < -0.39 is 0 Å². The van der Waals surface area contributed by atoms with E-state index in [1.165, 1.54) is 32.1 Å². The van der Waals surface area contributed by atoms with E-state index in [0.29, 0.717) is 0 Å². The maximum atomic E-state index is 6.65. The number of rotatable bonds is 0. The van der Waals surface area contributed by atoms with Crippen molar-refractivity contribution < 1.29 is 4.74 Å². The largest absolute Gasteiger partial charge is 0.368 e. The van der Waals surface area contributed by atoms with Crippen LogP contribution in [0.1, 0.15) is 59.8 Å². The van der Waals surface area contributed by atoms with Gasteiger partial charge in [-0.25, -0.2) is 0 Å². The molecule has 5 atom stereocenters. The summed E-state index contributed by atoms with van der Waals surface area (Å²) < 4.78 is 6.65. The molecule has 92 valence electrons. The molecule has 3 fully saturated rings. The Hall–Kier alpha value is -0.0400. The van der Waals surface area contributed by atoms with Crippen molar-refractivity contribution in [2.24, 2.45) is 23.7 Å². The van der Waals surface area contributed by atoms with Gasteiger partial charge in [-0.1, -0.05) is 13.8 Å². The van der Waals surface area contributed by atoms with E-state index in [1.807, 2.05) is 0 Å². The molecule has 1 nitrogen and oxygen atoms in total. The fourth-order valence-electron chi connectivity index (χ4n) is 4.94. The summed E-state index contributed by atoms with van der Waals surface area (Å²) in [5.74, 6) is 3.31. The Balaban J connectivity index is 2.01. The average Bonchev–Trinajstić information content (AvgIpc) is 2.57. The molecule has 0 aromatic heterocycles. The number of hydrogen-bond acceptors (Lipinski definition) is 1. The molecule has 0 unspecified atom stereocenters. The van der Waals surface area contributed by atoms with Gasteiger partial charge in [0.2, 0.25) is 0 Å². The molecule has 2 aliphatic carbocycles. The van der Waals surface area contributed by atoms with Crippen LogP contribution in [-0.4, -0.2) is 11.2 Å². The van der Waals surface area contributed by atoms with Crippen molar-refractivity contribution in [3.05, 3.63) is 0 Å². The Bertz CT molecular complexity index is 296. The van der Waals surface area contributed by atoms with E-state index in [0.717, 1.165) is 23.7 Å². The van der Waals surface area contributed by atoms with Crippen molar-refractivity contribution in [1.29, 1.82) is 0 Å². The molecule has 2 bridgehead atoms. The topological polar surface area (TPSA) is 9.23 Å². The van der Waals surface area contributed by atoms with Crippen molar-refractivity contribution in [2.45, 2.75) is 71.0 Å². The van der Waals surface area contributed by atoms with Crippen LogP contribution in [0.2, 0.25) is 0 Å². The highest BCUT2D eigenvalue weighted by atomic mass is 16.5. The second-order valence-corrected chi connectivity index (χ2v) is 7.20. The maximum Gasteiger partial charge on any atom is 0.0749 e. The summed E-state index contributed by atoms with van der Waals surface area (Å²) in [5, 5.41) is 0. The van der Waals surface area contributed by atoms with E-state index in [9.17, 15) is 0 Å². The molecule has 0 N–H and O–H groups in total. The van der Waals surface area contributed by atoms with Gasteiger partial charge in [-0.05, 0) is 69.6 Å². The molecule has 3 aliphatic rings. The molecule has 16 heavy (non-hydrogen) atoms. The van der Waals surface area contributed by atoms with E-state index in [2.05, 4.69) is 27.7 Å². The molecule has 1 heterocycles. The van der Waals surface area contributed by atoms with Gasteiger partial charge in [-0.15, -0.1) is 0 Å². The summed E-state index contributed by atoms with van der Waals surface area (Å²) in [4.78, 5) is 0. The third-order valence-corrected chi connectivity index (χ3v) is 6.03. The zero-order valence-electron chi connectivity index (χ0n) is 11.3. The van der Waals surface area contributed by atoms with E-state index in [1.54, 1.807) is 0 Å². The zero-order valence-corrected chi connectivity index (χ0v) is 11.3. The molecule has 1 aliphatic heterocycles. The van der Waals surface area contributed by atoms with E-state index in [4.69, 9.17) is 4.74 Å². The summed E-state index contributed by atoms with van der Waals surface area (Å²) in [5.41, 5.74) is 0.390. The van der Waals surface area contributed by atoms with Crippen LogP contribution >= 0.6 is 0 Å². The highest BCUT2D eigenvalue weighted by molar-refractivity contribution is 5.10. The first-order valence-corrected chi connectivity index (χ1v) is 7.16. The molecule has 1 saturated heterocycles. The summed E-state index contributed by atoms with van der Waals surface area (Å²) in [6.07, 6.45) is 6.95. The number of fused-ring (bicyclic) bond motifs is 1. The maximum absolute atomic E-state index is 6.65. The lowest BCUT2D eigenvalue weighted by molar-refractivity contribution is -0.145. The Kier molecular flexibility index (Phi) is 2.25. The van der Waals surface area contributed by atoms with Crippen molar-refractivity contribution >= 4 is 0 Å². The highest BCUT2D eigenvalue weighted by Crippen LogP contribution is 2.61. The zero-order chi connectivity index (χ0) is 11.6.